The Morgan fingerprint density at radius 2 is 0.878 bits per heavy atom. The second-order valence-corrected chi connectivity index (χ2v) is 8.55. The van der Waals surface area contributed by atoms with Crippen molar-refractivity contribution in [2.24, 2.45) is 0 Å². The Labute approximate surface area is 239 Å². The van der Waals surface area contributed by atoms with Crippen molar-refractivity contribution in [1.29, 1.82) is 0 Å². The molecule has 0 fully saturated rings. The van der Waals surface area contributed by atoms with Gasteiger partial charge in [0.05, 0.1) is 59.2 Å². The van der Waals surface area contributed by atoms with E-state index in [1.165, 1.54) is 9.80 Å². The standard InChI is InChI=1S/C23H41N5O12.CH4/c1-2-18(29)24-3-9-39-11-12-40-10-4-25-19(30)13-27(15-21(33)34)7-5-26(14-20(31)32)6-8-28(16-22(35)36)17-23(37)38;/h2-17H2,1H3,(H,24,29)(H,25,30)(H,31,32)(H,33,34)(H,35,36)(H,37,38);1H4. The molecule has 0 saturated heterocycles. The molecule has 41 heavy (non-hydrogen) atoms. The zero-order chi connectivity index (χ0) is 30.3. The summed E-state index contributed by atoms with van der Waals surface area (Å²) in [6, 6.07) is 0. The fraction of sp³-hybridized carbons (Fsp3) is 0.750. The van der Waals surface area contributed by atoms with E-state index in [4.69, 9.17) is 19.7 Å². The lowest BCUT2D eigenvalue weighted by molar-refractivity contribution is -0.143. The highest BCUT2D eigenvalue weighted by atomic mass is 16.5. The van der Waals surface area contributed by atoms with Crippen molar-refractivity contribution in [2.75, 3.05) is 98.4 Å². The number of amides is 2. The third-order valence-electron chi connectivity index (χ3n) is 5.10. The number of carboxylic acid groups (broad SMARTS) is 4. The first-order valence-corrected chi connectivity index (χ1v) is 12.7. The van der Waals surface area contributed by atoms with Gasteiger partial charge >= 0.3 is 23.9 Å². The van der Waals surface area contributed by atoms with Gasteiger partial charge in [-0.1, -0.05) is 14.4 Å². The largest absolute Gasteiger partial charge is 0.480 e. The van der Waals surface area contributed by atoms with Crippen molar-refractivity contribution >= 4 is 35.7 Å². The fourth-order valence-corrected chi connectivity index (χ4v) is 3.26. The molecular weight excluding hydrogens is 550 g/mol. The van der Waals surface area contributed by atoms with Crippen LogP contribution in [0.15, 0.2) is 0 Å². The van der Waals surface area contributed by atoms with Crippen LogP contribution < -0.4 is 10.6 Å². The fourth-order valence-electron chi connectivity index (χ4n) is 3.26. The molecule has 0 aromatic rings. The van der Waals surface area contributed by atoms with Gasteiger partial charge in [0.1, 0.15) is 0 Å². The minimum atomic E-state index is -1.24. The van der Waals surface area contributed by atoms with Crippen LogP contribution in [0.4, 0.5) is 0 Å². The first-order chi connectivity index (χ1) is 18.9. The molecule has 0 spiro atoms. The van der Waals surface area contributed by atoms with E-state index in [1.54, 1.807) is 6.92 Å². The summed E-state index contributed by atoms with van der Waals surface area (Å²) in [5.41, 5.74) is 0. The maximum atomic E-state index is 12.3. The molecule has 2 amide bonds. The molecule has 17 heteroatoms. The van der Waals surface area contributed by atoms with Crippen molar-refractivity contribution in [3.05, 3.63) is 0 Å². The summed E-state index contributed by atoms with van der Waals surface area (Å²) in [5, 5.41) is 41.5. The van der Waals surface area contributed by atoms with Crippen molar-refractivity contribution in [2.45, 2.75) is 20.8 Å². The van der Waals surface area contributed by atoms with E-state index in [1.807, 2.05) is 0 Å². The Hall–Kier alpha value is -3.38. The Bertz CT molecular complexity index is 798. The Kier molecular flexibility index (Phi) is 23.7. The molecule has 0 aliphatic heterocycles. The van der Waals surface area contributed by atoms with Crippen LogP contribution in [0.1, 0.15) is 20.8 Å². The van der Waals surface area contributed by atoms with Crippen LogP contribution in [0.2, 0.25) is 0 Å². The number of carbonyl (C=O) groups is 6. The number of ether oxygens (including phenoxy) is 2. The van der Waals surface area contributed by atoms with E-state index in [2.05, 4.69) is 10.6 Å². The summed E-state index contributed by atoms with van der Waals surface area (Å²) >= 11 is 0. The van der Waals surface area contributed by atoms with Gasteiger partial charge in [-0.05, 0) is 0 Å². The summed E-state index contributed by atoms with van der Waals surface area (Å²) in [5.74, 6) is -5.38. The molecule has 0 rings (SSSR count). The van der Waals surface area contributed by atoms with Crippen LogP contribution in [0.5, 0.6) is 0 Å². The first-order valence-electron chi connectivity index (χ1n) is 12.7. The number of rotatable bonds is 26. The SMILES string of the molecule is C.CCC(=O)NCCOCCOCCNC(=O)CN(CCN(CCN(CC(=O)O)CC(=O)O)CC(=O)O)CC(=O)O. The lowest BCUT2D eigenvalue weighted by atomic mass is 10.3. The van der Waals surface area contributed by atoms with Gasteiger partial charge in [0.15, 0.2) is 0 Å². The van der Waals surface area contributed by atoms with E-state index >= 15 is 0 Å². The summed E-state index contributed by atoms with van der Waals surface area (Å²) in [7, 11) is 0. The summed E-state index contributed by atoms with van der Waals surface area (Å²) in [4.78, 5) is 71.7. The van der Waals surface area contributed by atoms with Gasteiger partial charge in [0.2, 0.25) is 11.8 Å². The normalized spacial score (nSPS) is 10.8. The smallest absolute Gasteiger partial charge is 0.317 e. The number of aliphatic carboxylic acids is 4. The van der Waals surface area contributed by atoms with Gasteiger partial charge in [0.25, 0.3) is 0 Å². The Morgan fingerprint density at radius 3 is 1.27 bits per heavy atom. The van der Waals surface area contributed by atoms with Crippen LogP contribution in [0, 0.1) is 0 Å². The molecule has 17 nitrogen and oxygen atoms in total. The number of nitrogens with zero attached hydrogens (tertiary/aromatic N) is 3. The Balaban J connectivity index is 0. The number of carbonyl (C=O) groups excluding carboxylic acids is 2. The maximum Gasteiger partial charge on any atom is 0.317 e. The number of hydrogen-bond acceptors (Lipinski definition) is 11. The molecule has 0 aromatic carbocycles. The average molecular weight is 596 g/mol. The minimum Gasteiger partial charge on any atom is -0.480 e. The van der Waals surface area contributed by atoms with E-state index in [9.17, 15) is 39.0 Å². The summed E-state index contributed by atoms with van der Waals surface area (Å²) in [6.45, 7) is 1.14. The summed E-state index contributed by atoms with van der Waals surface area (Å²) in [6.07, 6.45) is 0.400. The molecule has 0 aliphatic carbocycles. The lowest BCUT2D eigenvalue weighted by Gasteiger charge is -2.27. The highest BCUT2D eigenvalue weighted by molar-refractivity contribution is 5.79. The van der Waals surface area contributed by atoms with E-state index in [-0.39, 0.29) is 65.8 Å². The molecule has 0 aromatic heterocycles. The van der Waals surface area contributed by atoms with Crippen LogP contribution in [-0.4, -0.2) is 169 Å². The monoisotopic (exact) mass is 595 g/mol. The predicted octanol–water partition coefficient (Wildman–Crippen LogP) is -2.46. The van der Waals surface area contributed by atoms with Crippen molar-refractivity contribution < 1.29 is 58.7 Å². The topological polar surface area (TPSA) is 236 Å². The molecule has 0 saturated carbocycles. The second kappa shape index (κ2) is 24.4. The Morgan fingerprint density at radius 1 is 0.537 bits per heavy atom. The molecule has 6 N–H and O–H groups in total. The molecule has 0 unspecified atom stereocenters. The molecule has 0 bridgehead atoms. The zero-order valence-corrected chi connectivity index (χ0v) is 22.7. The van der Waals surface area contributed by atoms with Gasteiger partial charge in [-0.3, -0.25) is 43.5 Å². The predicted molar refractivity (Wildman–Crippen MR) is 145 cm³/mol. The molecule has 238 valence electrons. The first kappa shape index (κ1) is 39.8. The van der Waals surface area contributed by atoms with Gasteiger partial charge < -0.3 is 40.5 Å². The van der Waals surface area contributed by atoms with Crippen LogP contribution in [0.3, 0.4) is 0 Å². The van der Waals surface area contributed by atoms with Gasteiger partial charge in [-0.15, -0.1) is 0 Å². The van der Waals surface area contributed by atoms with Crippen molar-refractivity contribution in [3.8, 4) is 0 Å². The highest BCUT2D eigenvalue weighted by Crippen LogP contribution is 1.97. The van der Waals surface area contributed by atoms with Crippen molar-refractivity contribution in [1.82, 2.24) is 25.3 Å². The van der Waals surface area contributed by atoms with E-state index in [0.29, 0.717) is 26.2 Å². The quantitative estimate of drug-likeness (QED) is 0.0569. The average Bonchev–Trinajstić information content (AvgIpc) is 2.84. The van der Waals surface area contributed by atoms with Gasteiger partial charge in [0, 0.05) is 45.7 Å². The third-order valence-corrected chi connectivity index (χ3v) is 5.10. The molecular formula is C24H45N5O12. The van der Waals surface area contributed by atoms with Gasteiger partial charge in [-0.25, -0.2) is 0 Å². The molecule has 0 atom stereocenters. The highest BCUT2D eigenvalue weighted by Gasteiger charge is 2.19. The third kappa shape index (κ3) is 25.3. The van der Waals surface area contributed by atoms with Crippen molar-refractivity contribution in [3.63, 3.8) is 0 Å². The minimum absolute atomic E-state index is 0. The number of hydrogen-bond donors (Lipinski definition) is 6. The number of carboxylic acids is 4. The van der Waals surface area contributed by atoms with Gasteiger partial charge in [-0.2, -0.15) is 0 Å². The molecule has 0 radical (unpaired) electrons. The summed E-state index contributed by atoms with van der Waals surface area (Å²) < 4.78 is 10.6. The zero-order valence-electron chi connectivity index (χ0n) is 22.7. The number of nitrogens with one attached hydrogen (secondary N) is 2. The second-order valence-electron chi connectivity index (χ2n) is 8.55. The lowest BCUT2D eigenvalue weighted by Crippen LogP contribution is -2.46. The van der Waals surface area contributed by atoms with Crippen LogP contribution in [-0.2, 0) is 38.2 Å². The van der Waals surface area contributed by atoms with Crippen LogP contribution in [0.25, 0.3) is 0 Å². The van der Waals surface area contributed by atoms with Crippen LogP contribution >= 0.6 is 0 Å². The maximum absolute atomic E-state index is 12.3. The van der Waals surface area contributed by atoms with E-state index in [0.717, 1.165) is 4.90 Å². The van der Waals surface area contributed by atoms with E-state index < -0.39 is 56.0 Å². The molecule has 0 aliphatic rings. The molecule has 0 heterocycles.